The zero-order valence-electron chi connectivity index (χ0n) is 14.7. The summed E-state index contributed by atoms with van der Waals surface area (Å²) in [6.45, 7) is 4.67. The summed E-state index contributed by atoms with van der Waals surface area (Å²) < 4.78 is 88.8. The van der Waals surface area contributed by atoms with Crippen molar-refractivity contribution in [2.45, 2.75) is 37.6 Å². The molecule has 9 heteroatoms. The number of hydrogen-bond acceptors (Lipinski definition) is 1. The van der Waals surface area contributed by atoms with Crippen LogP contribution in [0.2, 0.25) is 19.6 Å². The van der Waals surface area contributed by atoms with E-state index in [2.05, 4.69) is 15.9 Å². The van der Waals surface area contributed by atoms with E-state index in [1.54, 1.807) is 19.6 Å². The summed E-state index contributed by atoms with van der Waals surface area (Å²) in [5.41, 5.74) is -5.04. The van der Waals surface area contributed by atoms with Crippen LogP contribution < -0.4 is 0 Å². The molecule has 0 amide bonds. The highest BCUT2D eigenvalue weighted by Crippen LogP contribution is 2.50. The van der Waals surface area contributed by atoms with Gasteiger partial charge in [0.2, 0.25) is 5.60 Å². The average Bonchev–Trinajstić information content (AvgIpc) is 2.51. The molecule has 1 atom stereocenters. The lowest BCUT2D eigenvalue weighted by atomic mass is 9.85. The van der Waals surface area contributed by atoms with Crippen LogP contribution in [-0.4, -0.2) is 14.5 Å². The van der Waals surface area contributed by atoms with Crippen molar-refractivity contribution < 1.29 is 30.8 Å². The maximum absolute atomic E-state index is 14.4. The Kier molecular flexibility index (Phi) is 5.90. The van der Waals surface area contributed by atoms with Gasteiger partial charge in [-0.25, -0.2) is 0 Å². The fourth-order valence-corrected chi connectivity index (χ4v) is 4.26. The van der Waals surface area contributed by atoms with Gasteiger partial charge in [-0.15, -0.1) is 0 Å². The second-order valence-corrected chi connectivity index (χ2v) is 12.3. The molecule has 0 spiro atoms. The summed E-state index contributed by atoms with van der Waals surface area (Å²) in [5.74, 6) is 0. The van der Waals surface area contributed by atoms with Gasteiger partial charge in [0.15, 0.2) is 8.32 Å². The molecule has 2 rings (SSSR count). The highest BCUT2D eigenvalue weighted by Gasteiger charge is 2.60. The van der Waals surface area contributed by atoms with Crippen LogP contribution in [0.4, 0.5) is 26.3 Å². The molecule has 27 heavy (non-hydrogen) atoms. The van der Waals surface area contributed by atoms with Crippen molar-refractivity contribution in [3.05, 3.63) is 69.7 Å². The van der Waals surface area contributed by atoms with Gasteiger partial charge >= 0.3 is 12.4 Å². The molecule has 2 aromatic carbocycles. The van der Waals surface area contributed by atoms with Gasteiger partial charge in [0.05, 0.1) is 5.56 Å². The average molecular weight is 471 g/mol. The monoisotopic (exact) mass is 470 g/mol. The quantitative estimate of drug-likeness (QED) is 0.341. The van der Waals surface area contributed by atoms with E-state index in [-0.39, 0.29) is 5.56 Å². The predicted octanol–water partition coefficient (Wildman–Crippen LogP) is 7.13. The molecule has 0 saturated heterocycles. The van der Waals surface area contributed by atoms with Gasteiger partial charge in [0.25, 0.3) is 0 Å². The van der Waals surface area contributed by atoms with E-state index in [1.165, 1.54) is 24.3 Å². The summed E-state index contributed by atoms with van der Waals surface area (Å²) in [4.78, 5) is 0. The second-order valence-electron chi connectivity index (χ2n) is 6.98. The smallest absolute Gasteiger partial charge is 0.397 e. The minimum Gasteiger partial charge on any atom is -0.397 e. The minimum absolute atomic E-state index is 0.278. The Bertz CT molecular complexity index is 795. The van der Waals surface area contributed by atoms with Gasteiger partial charge < -0.3 is 4.43 Å². The summed E-state index contributed by atoms with van der Waals surface area (Å²) >= 11 is 3.16. The van der Waals surface area contributed by atoms with Gasteiger partial charge in [-0.2, -0.15) is 26.3 Å². The number of benzene rings is 2. The second kappa shape index (κ2) is 7.25. The summed E-state index contributed by atoms with van der Waals surface area (Å²) in [6.07, 6.45) is -9.75. The van der Waals surface area contributed by atoms with Crippen molar-refractivity contribution >= 4 is 24.2 Å². The number of halogens is 7. The molecular weight excluding hydrogens is 454 g/mol. The van der Waals surface area contributed by atoms with E-state index < -0.39 is 37.4 Å². The van der Waals surface area contributed by atoms with E-state index in [4.69, 9.17) is 4.43 Å². The van der Waals surface area contributed by atoms with Crippen molar-refractivity contribution in [1.82, 2.24) is 0 Å². The van der Waals surface area contributed by atoms with E-state index in [0.29, 0.717) is 10.5 Å². The summed E-state index contributed by atoms with van der Waals surface area (Å²) in [7, 11) is -2.86. The van der Waals surface area contributed by atoms with Gasteiger partial charge in [0.1, 0.15) is 0 Å². The fraction of sp³-hybridized carbons (Fsp3) is 0.333. The topological polar surface area (TPSA) is 9.23 Å². The first-order valence-electron chi connectivity index (χ1n) is 7.87. The lowest BCUT2D eigenvalue weighted by Gasteiger charge is -2.41. The normalized spacial score (nSPS) is 15.5. The first kappa shape index (κ1) is 22.0. The lowest BCUT2D eigenvalue weighted by molar-refractivity contribution is -0.240. The zero-order chi connectivity index (χ0) is 20.7. The van der Waals surface area contributed by atoms with Crippen molar-refractivity contribution in [3.63, 3.8) is 0 Å². The van der Waals surface area contributed by atoms with Gasteiger partial charge in [-0.3, -0.25) is 0 Å². The Morgan fingerprint density at radius 3 is 1.74 bits per heavy atom. The van der Waals surface area contributed by atoms with Crippen LogP contribution in [0.1, 0.15) is 16.7 Å². The van der Waals surface area contributed by atoms with Crippen molar-refractivity contribution in [2.24, 2.45) is 0 Å². The van der Waals surface area contributed by atoms with E-state index in [9.17, 15) is 26.3 Å². The first-order valence-corrected chi connectivity index (χ1v) is 12.1. The van der Waals surface area contributed by atoms with E-state index in [0.717, 1.165) is 18.2 Å². The SMILES string of the molecule is C[Si](C)(C)OC(c1ccc(Br)cc1)(c1cccc(C(F)(F)F)c1)C(F)(F)F. The third kappa shape index (κ3) is 4.75. The number of rotatable bonds is 4. The minimum atomic E-state index is -4.98. The largest absolute Gasteiger partial charge is 0.425 e. The Morgan fingerprint density at radius 1 is 0.778 bits per heavy atom. The maximum atomic E-state index is 14.4. The molecule has 0 N–H and O–H groups in total. The van der Waals surface area contributed by atoms with Crippen LogP contribution in [-0.2, 0) is 16.2 Å². The van der Waals surface area contributed by atoms with Gasteiger partial charge in [0, 0.05) is 4.47 Å². The number of alkyl halides is 6. The van der Waals surface area contributed by atoms with Crippen molar-refractivity contribution in [3.8, 4) is 0 Å². The highest BCUT2D eigenvalue weighted by molar-refractivity contribution is 9.10. The molecule has 1 nitrogen and oxygen atoms in total. The standard InChI is InChI=1S/C18H17BrF6OSi/c1-27(2,3)26-16(18(23,24)25,12-7-9-15(19)10-8-12)13-5-4-6-14(11-13)17(20,21)22/h4-11H,1-3H3. The van der Waals surface area contributed by atoms with Crippen LogP contribution in [0.15, 0.2) is 53.0 Å². The van der Waals surface area contributed by atoms with Gasteiger partial charge in [-0.05, 0) is 55.0 Å². The Hall–Kier alpha value is -1.32. The molecule has 0 aliphatic heterocycles. The molecule has 1 unspecified atom stereocenters. The molecule has 0 aromatic heterocycles. The molecule has 0 radical (unpaired) electrons. The molecule has 0 heterocycles. The predicted molar refractivity (Wildman–Crippen MR) is 96.9 cm³/mol. The number of hydrogen-bond donors (Lipinski definition) is 0. The van der Waals surface area contributed by atoms with Crippen LogP contribution in [0.3, 0.4) is 0 Å². The maximum Gasteiger partial charge on any atom is 0.425 e. The van der Waals surface area contributed by atoms with Crippen LogP contribution in [0.5, 0.6) is 0 Å². The van der Waals surface area contributed by atoms with E-state index >= 15 is 0 Å². The molecule has 0 saturated carbocycles. The van der Waals surface area contributed by atoms with Crippen molar-refractivity contribution in [2.75, 3.05) is 0 Å². The molecule has 148 valence electrons. The van der Waals surface area contributed by atoms with Gasteiger partial charge in [-0.1, -0.05) is 40.2 Å². The molecule has 2 aromatic rings. The van der Waals surface area contributed by atoms with E-state index in [1.807, 2.05) is 0 Å². The molecule has 0 fully saturated rings. The first-order chi connectivity index (χ1) is 12.2. The molecular formula is C18H17BrF6OSi. The van der Waals surface area contributed by atoms with Crippen LogP contribution >= 0.6 is 15.9 Å². The lowest BCUT2D eigenvalue weighted by Crippen LogP contribution is -2.51. The molecule has 0 bridgehead atoms. The Balaban J connectivity index is 2.85. The third-order valence-electron chi connectivity index (χ3n) is 3.71. The third-order valence-corrected chi connectivity index (χ3v) is 5.15. The molecule has 0 aliphatic rings. The summed E-state index contributed by atoms with van der Waals surface area (Å²) in [5, 5.41) is 0. The molecule has 0 aliphatic carbocycles. The van der Waals surface area contributed by atoms with Crippen LogP contribution in [0.25, 0.3) is 0 Å². The van der Waals surface area contributed by atoms with Crippen LogP contribution in [0, 0.1) is 0 Å². The summed E-state index contributed by atoms with van der Waals surface area (Å²) in [6, 6.07) is 8.44. The fourth-order valence-electron chi connectivity index (χ4n) is 2.73. The Labute approximate surface area is 162 Å². The zero-order valence-corrected chi connectivity index (χ0v) is 17.3. The Morgan fingerprint density at radius 2 is 1.30 bits per heavy atom. The highest BCUT2D eigenvalue weighted by atomic mass is 79.9. The van der Waals surface area contributed by atoms with Crippen molar-refractivity contribution in [1.29, 1.82) is 0 Å².